The summed E-state index contributed by atoms with van der Waals surface area (Å²) in [6.07, 6.45) is 79.8. The Bertz CT molecular complexity index is 1560. The molecule has 1 unspecified atom stereocenters. The lowest BCUT2D eigenvalue weighted by atomic mass is 10.1. The van der Waals surface area contributed by atoms with Gasteiger partial charge in [-0.15, -0.1) is 0 Å². The zero-order valence-electron chi connectivity index (χ0n) is 44.0. The second-order valence-electron chi connectivity index (χ2n) is 17.4. The highest BCUT2D eigenvalue weighted by atomic mass is 16.6. The largest absolute Gasteiger partial charge is 0.462 e. The smallest absolute Gasteiger partial charge is 0.306 e. The summed E-state index contributed by atoms with van der Waals surface area (Å²) in [5.41, 5.74) is 0. The molecule has 0 aromatic carbocycles. The van der Waals surface area contributed by atoms with Gasteiger partial charge in [0.2, 0.25) is 0 Å². The number of allylic oxidation sites excluding steroid dienone is 24. The summed E-state index contributed by atoms with van der Waals surface area (Å²) >= 11 is 0. The molecular formula is C63H98O6. The summed E-state index contributed by atoms with van der Waals surface area (Å²) < 4.78 is 16.7. The van der Waals surface area contributed by atoms with Crippen LogP contribution in [0, 0.1) is 0 Å². The number of hydrogen-bond donors (Lipinski definition) is 0. The van der Waals surface area contributed by atoms with Crippen molar-refractivity contribution in [1.29, 1.82) is 0 Å². The Hall–Kier alpha value is -4.71. The molecule has 0 amide bonds. The summed E-state index contributed by atoms with van der Waals surface area (Å²) in [4.78, 5) is 38.0. The van der Waals surface area contributed by atoms with Crippen LogP contribution >= 0.6 is 0 Å². The number of hydrogen-bond acceptors (Lipinski definition) is 6. The lowest BCUT2D eigenvalue weighted by molar-refractivity contribution is -0.167. The average molecular weight is 951 g/mol. The molecule has 0 heterocycles. The Labute approximate surface area is 423 Å². The zero-order chi connectivity index (χ0) is 50.0. The highest BCUT2D eigenvalue weighted by molar-refractivity contribution is 5.71. The van der Waals surface area contributed by atoms with Crippen LogP contribution in [0.2, 0.25) is 0 Å². The molecule has 0 spiro atoms. The fourth-order valence-electron chi connectivity index (χ4n) is 6.74. The molecule has 6 nitrogen and oxygen atoms in total. The molecule has 0 bridgehead atoms. The van der Waals surface area contributed by atoms with E-state index in [1.807, 2.05) is 0 Å². The van der Waals surface area contributed by atoms with Crippen LogP contribution < -0.4 is 0 Å². The van der Waals surface area contributed by atoms with Gasteiger partial charge in [0.1, 0.15) is 13.2 Å². The minimum Gasteiger partial charge on any atom is -0.462 e. The van der Waals surface area contributed by atoms with E-state index in [-0.39, 0.29) is 37.5 Å². The topological polar surface area (TPSA) is 78.9 Å². The molecule has 0 aliphatic heterocycles. The predicted molar refractivity (Wildman–Crippen MR) is 297 cm³/mol. The molecule has 6 heteroatoms. The third-order valence-electron chi connectivity index (χ3n) is 10.8. The van der Waals surface area contributed by atoms with E-state index < -0.39 is 6.10 Å². The molecule has 0 N–H and O–H groups in total. The summed E-state index contributed by atoms with van der Waals surface area (Å²) in [5.74, 6) is -1.01. The average Bonchev–Trinajstić information content (AvgIpc) is 3.35. The van der Waals surface area contributed by atoms with Crippen molar-refractivity contribution in [3.05, 3.63) is 146 Å². The summed E-state index contributed by atoms with van der Waals surface area (Å²) in [5, 5.41) is 0. The van der Waals surface area contributed by atoms with Crippen molar-refractivity contribution in [3.8, 4) is 0 Å². The van der Waals surface area contributed by atoms with Gasteiger partial charge in [-0.2, -0.15) is 0 Å². The second-order valence-corrected chi connectivity index (χ2v) is 17.4. The maximum absolute atomic E-state index is 12.8. The molecule has 386 valence electrons. The van der Waals surface area contributed by atoms with Gasteiger partial charge in [-0.25, -0.2) is 0 Å². The molecule has 0 aromatic rings. The molecular weight excluding hydrogens is 853 g/mol. The van der Waals surface area contributed by atoms with Gasteiger partial charge in [0.25, 0.3) is 0 Å². The minimum absolute atomic E-state index is 0.116. The molecule has 0 aromatic heterocycles. The van der Waals surface area contributed by atoms with Gasteiger partial charge in [0.15, 0.2) is 6.10 Å². The lowest BCUT2D eigenvalue weighted by Crippen LogP contribution is -2.30. The van der Waals surface area contributed by atoms with Crippen LogP contribution in [-0.4, -0.2) is 37.2 Å². The third kappa shape index (κ3) is 54.1. The van der Waals surface area contributed by atoms with E-state index in [9.17, 15) is 14.4 Å². The first kappa shape index (κ1) is 64.3. The highest BCUT2D eigenvalue weighted by Gasteiger charge is 2.19. The molecule has 0 radical (unpaired) electrons. The van der Waals surface area contributed by atoms with Crippen LogP contribution in [0.15, 0.2) is 146 Å². The number of ether oxygens (including phenoxy) is 3. The third-order valence-corrected chi connectivity index (χ3v) is 10.8. The minimum atomic E-state index is -0.823. The molecule has 69 heavy (non-hydrogen) atoms. The first-order valence-electron chi connectivity index (χ1n) is 27.3. The van der Waals surface area contributed by atoms with Crippen molar-refractivity contribution >= 4 is 17.9 Å². The molecule has 0 saturated heterocycles. The van der Waals surface area contributed by atoms with E-state index in [1.54, 1.807) is 0 Å². The molecule has 0 aliphatic carbocycles. The molecule has 0 fully saturated rings. The Morgan fingerprint density at radius 1 is 0.304 bits per heavy atom. The Morgan fingerprint density at radius 2 is 0.565 bits per heavy atom. The van der Waals surface area contributed by atoms with Gasteiger partial charge in [0.05, 0.1) is 0 Å². The van der Waals surface area contributed by atoms with E-state index in [2.05, 4.69) is 167 Å². The number of esters is 3. The second kappa shape index (κ2) is 55.9. The standard InChI is InChI=1S/C63H98O6/c1-4-7-10-13-16-19-22-24-26-27-28-29-30-31-32-33-34-35-37-38-41-44-47-50-53-56-62(65)68-59-60(58-67-61(64)55-52-49-46-43-40-21-18-15-12-9-6-3)69-63(66)57-54-51-48-45-42-39-36-25-23-20-17-14-11-8-5-2/h7-8,10-11,15-20,24-26,28-29,31-32,34-36,38,41-42,45,60H,4-6,9,12-14,21-23,27,30,33,37,39-40,43-44,46-59H2,1-3H3/b10-7-,11-8-,18-15-,19-16-,20-17-,26-24-,29-28-,32-31-,35-34-,36-25-,41-38-,45-42-. The fourth-order valence-corrected chi connectivity index (χ4v) is 6.74. The number of carbonyl (C=O) groups excluding carboxylic acids is 3. The van der Waals surface area contributed by atoms with E-state index in [0.717, 1.165) is 141 Å². The molecule has 0 aliphatic rings. The van der Waals surface area contributed by atoms with E-state index in [1.165, 1.54) is 25.7 Å². The maximum Gasteiger partial charge on any atom is 0.306 e. The van der Waals surface area contributed by atoms with Gasteiger partial charge >= 0.3 is 17.9 Å². The summed E-state index contributed by atoms with van der Waals surface area (Å²) in [7, 11) is 0. The van der Waals surface area contributed by atoms with Gasteiger partial charge < -0.3 is 14.2 Å². The lowest BCUT2D eigenvalue weighted by Gasteiger charge is -2.18. The molecule has 0 saturated carbocycles. The van der Waals surface area contributed by atoms with Crippen molar-refractivity contribution in [2.75, 3.05) is 13.2 Å². The first-order valence-corrected chi connectivity index (χ1v) is 27.3. The Morgan fingerprint density at radius 3 is 0.942 bits per heavy atom. The molecule has 1 atom stereocenters. The van der Waals surface area contributed by atoms with Gasteiger partial charge in [-0.1, -0.05) is 205 Å². The fraction of sp³-hybridized carbons (Fsp3) is 0.571. The zero-order valence-corrected chi connectivity index (χ0v) is 44.0. The van der Waals surface area contributed by atoms with Crippen LogP contribution in [0.3, 0.4) is 0 Å². The van der Waals surface area contributed by atoms with Crippen LogP contribution in [0.25, 0.3) is 0 Å². The number of unbranched alkanes of at least 4 members (excludes halogenated alkanes) is 12. The van der Waals surface area contributed by atoms with Gasteiger partial charge in [0, 0.05) is 19.3 Å². The number of rotatable bonds is 47. The van der Waals surface area contributed by atoms with Gasteiger partial charge in [-0.3, -0.25) is 14.4 Å². The van der Waals surface area contributed by atoms with Crippen LogP contribution in [-0.2, 0) is 28.6 Å². The van der Waals surface area contributed by atoms with Crippen molar-refractivity contribution < 1.29 is 28.6 Å². The highest BCUT2D eigenvalue weighted by Crippen LogP contribution is 2.12. The summed E-state index contributed by atoms with van der Waals surface area (Å²) in [6.45, 7) is 6.27. The van der Waals surface area contributed by atoms with E-state index >= 15 is 0 Å². The molecule has 0 rings (SSSR count). The van der Waals surface area contributed by atoms with Crippen molar-refractivity contribution in [3.63, 3.8) is 0 Å². The van der Waals surface area contributed by atoms with Crippen molar-refractivity contribution in [2.24, 2.45) is 0 Å². The van der Waals surface area contributed by atoms with Crippen molar-refractivity contribution in [2.45, 2.75) is 219 Å². The SMILES string of the molecule is CC/C=C\C/C=C\C/C=C\C/C=C\C/C=C\C/C=C\C/C=C\CCCCCC(=O)OCC(COC(=O)CCCCCCC/C=C\CCCC)OC(=O)CCCC/C=C\C/C=C\C/C=C\C/C=C\CC. The summed E-state index contributed by atoms with van der Waals surface area (Å²) in [6, 6.07) is 0. The predicted octanol–water partition coefficient (Wildman–Crippen LogP) is 18.4. The first-order chi connectivity index (χ1) is 34.0. The quantitative estimate of drug-likeness (QED) is 0.0262. The van der Waals surface area contributed by atoms with Gasteiger partial charge in [-0.05, 0) is 135 Å². The monoisotopic (exact) mass is 951 g/mol. The van der Waals surface area contributed by atoms with Crippen molar-refractivity contribution in [1.82, 2.24) is 0 Å². The van der Waals surface area contributed by atoms with Crippen LogP contribution in [0.5, 0.6) is 0 Å². The van der Waals surface area contributed by atoms with E-state index in [4.69, 9.17) is 14.2 Å². The Balaban J connectivity index is 4.47. The number of carbonyl (C=O) groups is 3. The maximum atomic E-state index is 12.8. The van der Waals surface area contributed by atoms with Crippen LogP contribution in [0.1, 0.15) is 213 Å². The Kier molecular flexibility index (Phi) is 52.1. The van der Waals surface area contributed by atoms with Crippen LogP contribution in [0.4, 0.5) is 0 Å². The normalized spacial score (nSPS) is 13.3. The van der Waals surface area contributed by atoms with E-state index in [0.29, 0.717) is 19.3 Å².